The molecule has 5 heteroatoms. The molecule has 0 fully saturated rings. The van der Waals surface area contributed by atoms with Crippen LogP contribution in [-0.2, 0) is 4.79 Å². The van der Waals surface area contributed by atoms with Gasteiger partial charge in [0.05, 0.1) is 5.69 Å². The fraction of sp³-hybridized carbons (Fsp3) is 0.0667. The summed E-state index contributed by atoms with van der Waals surface area (Å²) in [6, 6.07) is 16.9. The van der Waals surface area contributed by atoms with Crippen molar-refractivity contribution in [1.29, 1.82) is 0 Å². The lowest BCUT2D eigenvalue weighted by molar-refractivity contribution is -0.110. The predicted octanol–water partition coefficient (Wildman–Crippen LogP) is 3.75. The van der Waals surface area contributed by atoms with E-state index in [1.54, 1.807) is 0 Å². The molecule has 0 bridgehead atoms. The highest BCUT2D eigenvalue weighted by atomic mass is 79.9. The number of hydrazone groups is 1. The van der Waals surface area contributed by atoms with Crippen molar-refractivity contribution in [3.8, 4) is 0 Å². The summed E-state index contributed by atoms with van der Waals surface area (Å²) >= 11 is 3.15. The minimum absolute atomic E-state index is 0.182. The summed E-state index contributed by atoms with van der Waals surface area (Å²) in [5.41, 5.74) is 5.53. The maximum atomic E-state index is 11.9. The quantitative estimate of drug-likeness (QED) is 0.662. The largest absolute Gasteiger partial charge is 0.320 e. The molecule has 2 aromatic rings. The number of amides is 1. The third-order valence-electron chi connectivity index (χ3n) is 2.55. The van der Waals surface area contributed by atoms with Gasteiger partial charge in [-0.3, -0.25) is 10.2 Å². The molecule has 102 valence electrons. The summed E-state index contributed by atoms with van der Waals surface area (Å²) in [4.78, 5) is 11.9. The van der Waals surface area contributed by atoms with E-state index in [9.17, 15) is 4.79 Å². The highest BCUT2D eigenvalue weighted by Crippen LogP contribution is 2.10. The van der Waals surface area contributed by atoms with E-state index in [0.717, 1.165) is 11.4 Å². The number of carbonyl (C=O) groups is 1. The zero-order valence-corrected chi connectivity index (χ0v) is 12.5. The van der Waals surface area contributed by atoms with Gasteiger partial charge in [0, 0.05) is 5.69 Å². The van der Waals surface area contributed by atoms with Gasteiger partial charge in [-0.2, -0.15) is 5.10 Å². The van der Waals surface area contributed by atoms with E-state index < -0.39 is 0 Å². The van der Waals surface area contributed by atoms with Gasteiger partial charge in [0.1, 0.15) is 0 Å². The topological polar surface area (TPSA) is 53.5 Å². The number of anilines is 2. The van der Waals surface area contributed by atoms with Gasteiger partial charge < -0.3 is 5.32 Å². The maximum absolute atomic E-state index is 11.9. The van der Waals surface area contributed by atoms with Crippen molar-refractivity contribution in [2.45, 2.75) is 6.92 Å². The Bertz CT molecular complexity index is 609. The number of benzene rings is 2. The Kier molecular flexibility index (Phi) is 4.90. The molecule has 0 aliphatic carbocycles. The number of nitrogens with zero attached hydrogens (tertiary/aromatic N) is 1. The maximum Gasteiger partial charge on any atom is 0.283 e. The Morgan fingerprint density at radius 1 is 1.00 bits per heavy atom. The van der Waals surface area contributed by atoms with E-state index in [2.05, 4.69) is 31.8 Å². The van der Waals surface area contributed by atoms with Crippen LogP contribution in [-0.4, -0.2) is 10.5 Å². The first kappa shape index (κ1) is 14.3. The van der Waals surface area contributed by atoms with Crippen LogP contribution >= 0.6 is 15.9 Å². The number of hydrogen-bond donors (Lipinski definition) is 2. The monoisotopic (exact) mass is 331 g/mol. The first-order valence-electron chi connectivity index (χ1n) is 6.07. The molecule has 2 aromatic carbocycles. The van der Waals surface area contributed by atoms with Crippen molar-refractivity contribution in [3.05, 3.63) is 60.2 Å². The zero-order chi connectivity index (χ0) is 14.4. The van der Waals surface area contributed by atoms with Crippen molar-refractivity contribution in [1.82, 2.24) is 0 Å². The molecule has 1 amide bonds. The molecule has 0 atom stereocenters. The van der Waals surface area contributed by atoms with E-state index in [-0.39, 0.29) is 10.5 Å². The molecular formula is C15H14BrN3O. The summed E-state index contributed by atoms with van der Waals surface area (Å²) in [6.45, 7) is 2.01. The number of nitrogens with one attached hydrogen (secondary N) is 2. The molecule has 0 unspecified atom stereocenters. The lowest BCUT2D eigenvalue weighted by atomic mass is 10.2. The lowest BCUT2D eigenvalue weighted by Gasteiger charge is -2.04. The molecule has 4 nitrogen and oxygen atoms in total. The molecule has 0 saturated carbocycles. The Labute approximate surface area is 126 Å². The van der Waals surface area contributed by atoms with Crippen LogP contribution < -0.4 is 10.7 Å². The SMILES string of the molecule is Cc1ccc(NN=C(Br)C(=O)Nc2ccccc2)cc1. The zero-order valence-electron chi connectivity index (χ0n) is 10.9. The van der Waals surface area contributed by atoms with Crippen molar-refractivity contribution in [2.24, 2.45) is 5.10 Å². The number of para-hydroxylation sites is 1. The number of hydrogen-bond acceptors (Lipinski definition) is 3. The number of carbonyl (C=O) groups excluding carboxylic acids is 1. The number of halogens is 1. The van der Waals surface area contributed by atoms with Crippen molar-refractivity contribution in [2.75, 3.05) is 10.7 Å². The molecule has 0 aliphatic rings. The fourth-order valence-corrected chi connectivity index (χ4v) is 1.68. The van der Waals surface area contributed by atoms with E-state index in [1.807, 2.05) is 61.5 Å². The van der Waals surface area contributed by atoms with Crippen LogP contribution in [0.25, 0.3) is 0 Å². The second-order valence-electron chi connectivity index (χ2n) is 4.20. The summed E-state index contributed by atoms with van der Waals surface area (Å²) in [5, 5.41) is 6.72. The van der Waals surface area contributed by atoms with E-state index in [0.29, 0.717) is 0 Å². The van der Waals surface area contributed by atoms with Crippen LogP contribution in [0.2, 0.25) is 0 Å². The Morgan fingerprint density at radius 3 is 2.30 bits per heavy atom. The molecular weight excluding hydrogens is 318 g/mol. The van der Waals surface area contributed by atoms with E-state index >= 15 is 0 Å². The van der Waals surface area contributed by atoms with Crippen LogP contribution in [0.3, 0.4) is 0 Å². The average molecular weight is 332 g/mol. The molecule has 20 heavy (non-hydrogen) atoms. The minimum Gasteiger partial charge on any atom is -0.320 e. The van der Waals surface area contributed by atoms with Gasteiger partial charge in [-0.15, -0.1) is 0 Å². The fourth-order valence-electron chi connectivity index (χ4n) is 1.50. The smallest absolute Gasteiger partial charge is 0.283 e. The van der Waals surface area contributed by atoms with Crippen molar-refractivity contribution < 1.29 is 4.79 Å². The van der Waals surface area contributed by atoms with Gasteiger partial charge >= 0.3 is 0 Å². The van der Waals surface area contributed by atoms with Gasteiger partial charge in [0.25, 0.3) is 5.91 Å². The summed E-state index contributed by atoms with van der Waals surface area (Å²) in [5.74, 6) is -0.309. The second kappa shape index (κ2) is 6.86. The van der Waals surface area contributed by atoms with Gasteiger partial charge in [0.15, 0.2) is 4.62 Å². The Hall–Kier alpha value is -2.14. The summed E-state index contributed by atoms with van der Waals surface area (Å²) in [7, 11) is 0. The number of rotatable bonds is 4. The van der Waals surface area contributed by atoms with Crippen LogP contribution in [0.15, 0.2) is 59.7 Å². The highest BCUT2D eigenvalue weighted by Gasteiger charge is 2.07. The van der Waals surface area contributed by atoms with Crippen molar-refractivity contribution in [3.63, 3.8) is 0 Å². The number of aryl methyl sites for hydroxylation is 1. The third-order valence-corrected chi connectivity index (χ3v) is 3.09. The molecule has 0 radical (unpaired) electrons. The molecule has 2 N–H and O–H groups in total. The first-order chi connectivity index (χ1) is 9.65. The molecule has 0 spiro atoms. The minimum atomic E-state index is -0.309. The molecule has 2 rings (SSSR count). The van der Waals surface area contributed by atoms with Gasteiger partial charge in [-0.25, -0.2) is 0 Å². The Morgan fingerprint density at radius 2 is 1.65 bits per heavy atom. The van der Waals surface area contributed by atoms with Crippen LogP contribution in [0.5, 0.6) is 0 Å². The Balaban J connectivity index is 1.96. The van der Waals surface area contributed by atoms with Gasteiger partial charge in [-0.1, -0.05) is 35.9 Å². The van der Waals surface area contributed by atoms with E-state index in [4.69, 9.17) is 0 Å². The highest BCUT2D eigenvalue weighted by molar-refractivity contribution is 9.19. The van der Waals surface area contributed by atoms with Crippen molar-refractivity contribution >= 4 is 37.8 Å². The summed E-state index contributed by atoms with van der Waals surface area (Å²) in [6.07, 6.45) is 0. The van der Waals surface area contributed by atoms with Crippen LogP contribution in [0.4, 0.5) is 11.4 Å². The van der Waals surface area contributed by atoms with E-state index in [1.165, 1.54) is 5.56 Å². The first-order valence-corrected chi connectivity index (χ1v) is 6.87. The molecule has 0 aliphatic heterocycles. The van der Waals surface area contributed by atoms with Crippen LogP contribution in [0.1, 0.15) is 5.56 Å². The van der Waals surface area contributed by atoms with Gasteiger partial charge in [0.2, 0.25) is 0 Å². The van der Waals surface area contributed by atoms with Crippen LogP contribution in [0, 0.1) is 6.92 Å². The lowest BCUT2D eigenvalue weighted by Crippen LogP contribution is -2.19. The summed E-state index contributed by atoms with van der Waals surface area (Å²) < 4.78 is 0.182. The molecule has 0 aromatic heterocycles. The predicted molar refractivity (Wildman–Crippen MR) is 86.2 cm³/mol. The second-order valence-corrected chi connectivity index (χ2v) is 4.95. The van der Waals surface area contributed by atoms with Gasteiger partial charge in [-0.05, 0) is 47.1 Å². The average Bonchev–Trinajstić information content (AvgIpc) is 2.47. The molecule has 0 saturated heterocycles. The normalized spacial score (nSPS) is 11.0. The third kappa shape index (κ3) is 4.20. The molecule has 0 heterocycles. The standard InChI is InChI=1S/C15H14BrN3O/c1-11-7-9-13(10-8-11)18-19-14(16)15(20)17-12-5-3-2-4-6-12/h2-10,18H,1H3,(H,17,20).